The number of carbonyl (C=O) groups is 1. The minimum Gasteiger partial charge on any atom is -0.497 e. The van der Waals surface area contributed by atoms with Crippen LogP contribution in [0.4, 0.5) is 0 Å². The maximum Gasteiger partial charge on any atom is 0.251 e. The largest absolute Gasteiger partial charge is 0.497 e. The Morgan fingerprint density at radius 1 is 0.889 bits per heavy atom. The summed E-state index contributed by atoms with van der Waals surface area (Å²) >= 11 is 0. The van der Waals surface area contributed by atoms with Crippen LogP contribution in [-0.2, 0) is 6.54 Å². The van der Waals surface area contributed by atoms with Gasteiger partial charge in [0.05, 0.1) is 13.2 Å². The van der Waals surface area contributed by atoms with E-state index in [0.29, 0.717) is 12.1 Å². The van der Waals surface area contributed by atoms with Gasteiger partial charge in [-0.1, -0.05) is 54.6 Å². The maximum atomic E-state index is 11.7. The highest BCUT2D eigenvalue weighted by molar-refractivity contribution is 5.93. The number of ether oxygens (including phenoxy) is 1. The monoisotopic (exact) mass is 360 g/mol. The molecule has 0 saturated carbocycles. The van der Waals surface area contributed by atoms with Gasteiger partial charge in [0.1, 0.15) is 5.75 Å². The van der Waals surface area contributed by atoms with Crippen LogP contribution < -0.4 is 15.4 Å². The molecule has 0 aliphatic rings. The van der Waals surface area contributed by atoms with Crippen molar-refractivity contribution in [1.82, 2.24) is 10.6 Å². The minimum absolute atomic E-state index is 0.0655. The molecule has 1 unspecified atom stereocenters. The molecule has 27 heavy (non-hydrogen) atoms. The van der Waals surface area contributed by atoms with Gasteiger partial charge in [0.25, 0.3) is 5.91 Å². The molecule has 3 rings (SSSR count). The third-order valence-electron chi connectivity index (χ3n) is 4.54. The van der Waals surface area contributed by atoms with Gasteiger partial charge in [0.15, 0.2) is 0 Å². The van der Waals surface area contributed by atoms with Crippen molar-refractivity contribution >= 4 is 5.91 Å². The summed E-state index contributed by atoms with van der Waals surface area (Å²) in [6, 6.07) is 26.2. The molecular formula is C23H24N2O2. The first-order chi connectivity index (χ1) is 13.2. The van der Waals surface area contributed by atoms with E-state index in [9.17, 15) is 4.79 Å². The quantitative estimate of drug-likeness (QED) is 0.671. The van der Waals surface area contributed by atoms with Crippen molar-refractivity contribution in [2.75, 3.05) is 14.2 Å². The van der Waals surface area contributed by atoms with Crippen LogP contribution in [0.2, 0.25) is 0 Å². The fraction of sp³-hybridized carbons (Fsp3) is 0.174. The molecule has 4 nitrogen and oxygen atoms in total. The molecule has 0 bridgehead atoms. The average molecular weight is 360 g/mol. The third-order valence-corrected chi connectivity index (χ3v) is 4.54. The third kappa shape index (κ3) is 4.74. The van der Waals surface area contributed by atoms with Crippen molar-refractivity contribution in [2.45, 2.75) is 12.6 Å². The molecule has 0 saturated heterocycles. The van der Waals surface area contributed by atoms with Gasteiger partial charge >= 0.3 is 0 Å². The van der Waals surface area contributed by atoms with Crippen LogP contribution in [0.5, 0.6) is 5.75 Å². The molecule has 0 radical (unpaired) electrons. The van der Waals surface area contributed by atoms with E-state index in [4.69, 9.17) is 4.74 Å². The first-order valence-corrected chi connectivity index (χ1v) is 8.94. The van der Waals surface area contributed by atoms with Crippen LogP contribution in [0.25, 0.3) is 0 Å². The maximum absolute atomic E-state index is 11.7. The highest BCUT2D eigenvalue weighted by atomic mass is 16.5. The Morgan fingerprint density at radius 3 is 2.11 bits per heavy atom. The Balaban J connectivity index is 1.78. The zero-order valence-electron chi connectivity index (χ0n) is 15.6. The van der Waals surface area contributed by atoms with E-state index in [1.807, 2.05) is 54.6 Å². The number of rotatable bonds is 7. The summed E-state index contributed by atoms with van der Waals surface area (Å²) in [5.41, 5.74) is 4.15. The molecule has 2 N–H and O–H groups in total. The molecular weight excluding hydrogens is 336 g/mol. The van der Waals surface area contributed by atoms with Gasteiger partial charge in [-0.3, -0.25) is 4.79 Å². The van der Waals surface area contributed by atoms with Gasteiger partial charge in [-0.2, -0.15) is 0 Å². The van der Waals surface area contributed by atoms with E-state index < -0.39 is 0 Å². The standard InChI is InChI=1S/C23H24N2O2/c1-24-23(26)20-10-8-17(9-11-20)16-25-22(18-6-4-3-5-7-18)19-12-14-21(27-2)15-13-19/h3-15,22,25H,16H2,1-2H3,(H,24,26). The average Bonchev–Trinajstić information content (AvgIpc) is 2.75. The molecule has 0 aliphatic carbocycles. The Hall–Kier alpha value is -3.11. The molecule has 3 aromatic rings. The lowest BCUT2D eigenvalue weighted by Gasteiger charge is -2.20. The highest BCUT2D eigenvalue weighted by Gasteiger charge is 2.14. The number of hydrogen-bond acceptors (Lipinski definition) is 3. The fourth-order valence-corrected chi connectivity index (χ4v) is 3.01. The van der Waals surface area contributed by atoms with Gasteiger partial charge < -0.3 is 15.4 Å². The second kappa shape index (κ2) is 9.01. The van der Waals surface area contributed by atoms with Crippen molar-refractivity contribution < 1.29 is 9.53 Å². The van der Waals surface area contributed by atoms with E-state index in [1.54, 1.807) is 14.2 Å². The molecule has 138 valence electrons. The van der Waals surface area contributed by atoms with Crippen molar-refractivity contribution in [3.8, 4) is 5.75 Å². The van der Waals surface area contributed by atoms with Crippen LogP contribution in [0.1, 0.15) is 33.1 Å². The van der Waals surface area contributed by atoms with Gasteiger partial charge in [-0.25, -0.2) is 0 Å². The van der Waals surface area contributed by atoms with Crippen LogP contribution >= 0.6 is 0 Å². The van der Waals surface area contributed by atoms with Crippen LogP contribution in [0.15, 0.2) is 78.9 Å². The van der Waals surface area contributed by atoms with Crippen molar-refractivity contribution in [1.29, 1.82) is 0 Å². The van der Waals surface area contributed by atoms with Gasteiger partial charge in [-0.05, 0) is 41.0 Å². The molecule has 1 amide bonds. The number of methoxy groups -OCH3 is 1. The van der Waals surface area contributed by atoms with Gasteiger partial charge in [-0.15, -0.1) is 0 Å². The summed E-state index contributed by atoms with van der Waals surface area (Å²) in [6.45, 7) is 0.694. The molecule has 0 fully saturated rings. The van der Waals surface area contributed by atoms with Gasteiger partial charge in [0, 0.05) is 19.2 Å². The summed E-state index contributed by atoms with van der Waals surface area (Å²) < 4.78 is 5.27. The van der Waals surface area contributed by atoms with E-state index in [1.165, 1.54) is 11.1 Å². The topological polar surface area (TPSA) is 50.4 Å². The molecule has 0 heterocycles. The van der Waals surface area contributed by atoms with E-state index in [-0.39, 0.29) is 11.9 Å². The lowest BCUT2D eigenvalue weighted by molar-refractivity contribution is 0.0963. The minimum atomic E-state index is -0.0742. The predicted molar refractivity (Wildman–Crippen MR) is 108 cm³/mol. The lowest BCUT2D eigenvalue weighted by Crippen LogP contribution is -2.22. The molecule has 0 spiro atoms. The van der Waals surface area contributed by atoms with E-state index in [0.717, 1.165) is 11.3 Å². The first-order valence-electron chi connectivity index (χ1n) is 8.94. The van der Waals surface area contributed by atoms with Crippen molar-refractivity contribution in [3.05, 3.63) is 101 Å². The molecule has 3 aromatic carbocycles. The Kier molecular flexibility index (Phi) is 6.23. The number of amides is 1. The molecule has 4 heteroatoms. The van der Waals surface area contributed by atoms with E-state index in [2.05, 4.69) is 34.9 Å². The number of benzene rings is 3. The highest BCUT2D eigenvalue weighted by Crippen LogP contribution is 2.24. The molecule has 0 aliphatic heterocycles. The number of nitrogens with one attached hydrogen (secondary N) is 2. The van der Waals surface area contributed by atoms with Crippen LogP contribution in [0.3, 0.4) is 0 Å². The molecule has 1 atom stereocenters. The lowest BCUT2D eigenvalue weighted by atomic mass is 9.98. The summed E-state index contributed by atoms with van der Waals surface area (Å²) in [7, 11) is 3.31. The summed E-state index contributed by atoms with van der Waals surface area (Å²) in [5.74, 6) is 0.769. The smallest absolute Gasteiger partial charge is 0.251 e. The molecule has 0 aromatic heterocycles. The van der Waals surface area contributed by atoms with Crippen molar-refractivity contribution in [2.24, 2.45) is 0 Å². The van der Waals surface area contributed by atoms with Crippen LogP contribution in [-0.4, -0.2) is 20.1 Å². The zero-order valence-corrected chi connectivity index (χ0v) is 15.6. The Labute approximate surface area is 160 Å². The number of carbonyl (C=O) groups excluding carboxylic acids is 1. The second-order valence-electron chi connectivity index (χ2n) is 6.27. The van der Waals surface area contributed by atoms with E-state index >= 15 is 0 Å². The zero-order chi connectivity index (χ0) is 19.1. The second-order valence-corrected chi connectivity index (χ2v) is 6.27. The Bertz CT molecular complexity index is 859. The van der Waals surface area contributed by atoms with Crippen molar-refractivity contribution in [3.63, 3.8) is 0 Å². The SMILES string of the molecule is CNC(=O)c1ccc(CNC(c2ccccc2)c2ccc(OC)cc2)cc1. The number of hydrogen-bond donors (Lipinski definition) is 2. The summed E-state index contributed by atoms with van der Waals surface area (Å²) in [6.07, 6.45) is 0. The van der Waals surface area contributed by atoms with Crippen LogP contribution in [0, 0.1) is 0 Å². The summed E-state index contributed by atoms with van der Waals surface area (Å²) in [4.78, 5) is 11.7. The Morgan fingerprint density at radius 2 is 1.52 bits per heavy atom. The normalized spacial score (nSPS) is 11.6. The van der Waals surface area contributed by atoms with Gasteiger partial charge in [0.2, 0.25) is 0 Å². The fourth-order valence-electron chi connectivity index (χ4n) is 3.01. The summed E-state index contributed by atoms with van der Waals surface area (Å²) in [5, 5.41) is 6.27. The predicted octanol–water partition coefficient (Wildman–Crippen LogP) is 3.93. The first kappa shape index (κ1) is 18.7.